The molecular weight excluding hydrogens is 358 g/mol. The maximum atomic E-state index is 12.3. The van der Waals surface area contributed by atoms with Gasteiger partial charge in [-0.15, -0.1) is 0 Å². The van der Waals surface area contributed by atoms with E-state index in [1.165, 1.54) is 19.3 Å². The zero-order chi connectivity index (χ0) is 19.9. The number of ether oxygens (including phenoxy) is 2. The summed E-state index contributed by atoms with van der Waals surface area (Å²) in [5, 5.41) is 2.69. The summed E-state index contributed by atoms with van der Waals surface area (Å²) in [6.45, 7) is 3.25. The number of carbonyl (C=O) groups is 2. The van der Waals surface area contributed by atoms with Gasteiger partial charge in [0.2, 0.25) is 0 Å². The molecule has 28 heavy (non-hydrogen) atoms. The number of amides is 1. The number of nitrogens with one attached hydrogen (secondary N) is 1. The smallest absolute Gasteiger partial charge is 0.359 e. The first-order valence-electron chi connectivity index (χ1n) is 8.65. The summed E-state index contributed by atoms with van der Waals surface area (Å²) in [6, 6.07) is 16.3. The first-order valence-corrected chi connectivity index (χ1v) is 8.65. The Hall–Kier alpha value is -3.74. The molecule has 0 aliphatic carbocycles. The number of anilines is 1. The van der Waals surface area contributed by atoms with Crippen LogP contribution >= 0.6 is 0 Å². The van der Waals surface area contributed by atoms with E-state index < -0.39 is 18.0 Å². The molecule has 7 nitrogen and oxygen atoms in total. The van der Waals surface area contributed by atoms with Crippen LogP contribution in [0.5, 0.6) is 11.5 Å². The fraction of sp³-hybridized carbons (Fsp3) is 0.143. The minimum atomic E-state index is -0.990. The molecule has 0 saturated carbocycles. The first-order chi connectivity index (χ1) is 13.5. The van der Waals surface area contributed by atoms with Gasteiger partial charge in [-0.05, 0) is 50.2 Å². The number of aryl methyl sites for hydroxylation is 1. The van der Waals surface area contributed by atoms with Crippen LogP contribution in [0.3, 0.4) is 0 Å². The van der Waals surface area contributed by atoms with Crippen LogP contribution in [0, 0.1) is 6.92 Å². The van der Waals surface area contributed by atoms with Crippen molar-refractivity contribution in [1.82, 2.24) is 9.97 Å². The monoisotopic (exact) mass is 377 g/mol. The second kappa shape index (κ2) is 8.77. The van der Waals surface area contributed by atoms with E-state index in [-0.39, 0.29) is 5.69 Å². The van der Waals surface area contributed by atoms with Gasteiger partial charge in [0.15, 0.2) is 11.8 Å². The Kier molecular flexibility index (Phi) is 5.96. The number of hydrogen-bond acceptors (Lipinski definition) is 6. The van der Waals surface area contributed by atoms with Gasteiger partial charge in [0, 0.05) is 11.9 Å². The molecule has 1 aromatic heterocycles. The van der Waals surface area contributed by atoms with Crippen molar-refractivity contribution in [2.75, 3.05) is 5.32 Å². The van der Waals surface area contributed by atoms with E-state index >= 15 is 0 Å². The summed E-state index contributed by atoms with van der Waals surface area (Å²) in [4.78, 5) is 32.2. The maximum Gasteiger partial charge on any atom is 0.359 e. The summed E-state index contributed by atoms with van der Waals surface area (Å²) >= 11 is 0. The Morgan fingerprint density at radius 3 is 2.25 bits per heavy atom. The maximum absolute atomic E-state index is 12.3. The Bertz CT molecular complexity index is 942. The molecule has 0 aliphatic rings. The highest BCUT2D eigenvalue weighted by atomic mass is 16.5. The summed E-state index contributed by atoms with van der Waals surface area (Å²) in [5.74, 6) is 0.201. The highest BCUT2D eigenvalue weighted by Crippen LogP contribution is 2.22. The van der Waals surface area contributed by atoms with Crippen LogP contribution in [0.2, 0.25) is 0 Å². The Balaban J connectivity index is 1.54. The highest BCUT2D eigenvalue weighted by Gasteiger charge is 2.20. The lowest BCUT2D eigenvalue weighted by molar-refractivity contribution is -0.123. The minimum Gasteiger partial charge on any atom is -0.457 e. The van der Waals surface area contributed by atoms with E-state index in [0.717, 1.165) is 5.75 Å². The van der Waals surface area contributed by atoms with E-state index in [0.29, 0.717) is 17.1 Å². The van der Waals surface area contributed by atoms with E-state index in [4.69, 9.17) is 9.47 Å². The van der Waals surface area contributed by atoms with Crippen molar-refractivity contribution in [3.8, 4) is 11.5 Å². The van der Waals surface area contributed by atoms with Gasteiger partial charge in [0.25, 0.3) is 5.91 Å². The molecule has 2 aromatic carbocycles. The van der Waals surface area contributed by atoms with Crippen molar-refractivity contribution in [2.45, 2.75) is 20.0 Å². The van der Waals surface area contributed by atoms with Gasteiger partial charge >= 0.3 is 5.97 Å². The Morgan fingerprint density at radius 1 is 0.929 bits per heavy atom. The van der Waals surface area contributed by atoms with Gasteiger partial charge in [-0.2, -0.15) is 0 Å². The number of hydrogen-bond donors (Lipinski definition) is 1. The molecule has 0 spiro atoms. The third-order valence-electron chi connectivity index (χ3n) is 3.74. The number of aromatic nitrogens is 2. The van der Waals surface area contributed by atoms with Crippen molar-refractivity contribution >= 4 is 17.6 Å². The minimum absolute atomic E-state index is 0.0488. The molecule has 142 valence electrons. The average Bonchev–Trinajstić information content (AvgIpc) is 2.70. The fourth-order valence-corrected chi connectivity index (χ4v) is 2.25. The van der Waals surface area contributed by atoms with Crippen LogP contribution in [-0.2, 0) is 9.53 Å². The van der Waals surface area contributed by atoms with Gasteiger partial charge in [-0.1, -0.05) is 18.2 Å². The molecule has 1 atom stereocenters. The van der Waals surface area contributed by atoms with E-state index in [1.807, 2.05) is 30.3 Å². The zero-order valence-electron chi connectivity index (χ0n) is 15.5. The molecule has 1 N–H and O–H groups in total. The number of rotatable bonds is 6. The molecule has 3 aromatic rings. The van der Waals surface area contributed by atoms with Crippen LogP contribution < -0.4 is 10.1 Å². The molecule has 0 radical (unpaired) electrons. The molecule has 7 heteroatoms. The second-order valence-corrected chi connectivity index (χ2v) is 6.02. The summed E-state index contributed by atoms with van der Waals surface area (Å²) in [5.41, 5.74) is 1.29. The van der Waals surface area contributed by atoms with E-state index in [9.17, 15) is 9.59 Å². The van der Waals surface area contributed by atoms with Crippen LogP contribution in [-0.4, -0.2) is 27.9 Å². The molecule has 1 amide bonds. The van der Waals surface area contributed by atoms with Crippen molar-refractivity contribution < 1.29 is 19.1 Å². The van der Waals surface area contributed by atoms with Crippen LogP contribution in [0.15, 0.2) is 67.0 Å². The van der Waals surface area contributed by atoms with Gasteiger partial charge in [-0.3, -0.25) is 9.78 Å². The number of para-hydroxylation sites is 1. The standard InChI is InChI=1S/C21H19N3O4/c1-14-12-23-19(13-22-14)21(26)27-15(2)20(25)24-16-8-10-18(11-9-16)28-17-6-4-3-5-7-17/h3-13,15H,1-2H3,(H,24,25)/t15-/m0/s1. The molecular formula is C21H19N3O4. The third kappa shape index (κ3) is 5.14. The van der Waals surface area contributed by atoms with Crippen LogP contribution in [0.4, 0.5) is 5.69 Å². The molecule has 0 unspecified atom stereocenters. The van der Waals surface area contributed by atoms with Crippen LogP contribution in [0.25, 0.3) is 0 Å². The summed E-state index contributed by atoms with van der Waals surface area (Å²) in [7, 11) is 0. The molecule has 0 saturated heterocycles. The molecule has 1 heterocycles. The molecule has 0 bridgehead atoms. The molecule has 0 fully saturated rings. The van der Waals surface area contributed by atoms with Gasteiger partial charge in [-0.25, -0.2) is 9.78 Å². The Labute approximate surface area is 162 Å². The first kappa shape index (κ1) is 19.0. The van der Waals surface area contributed by atoms with Crippen molar-refractivity contribution in [3.05, 3.63) is 78.4 Å². The normalized spacial score (nSPS) is 11.4. The van der Waals surface area contributed by atoms with Gasteiger partial charge in [0.1, 0.15) is 11.5 Å². The summed E-state index contributed by atoms with van der Waals surface area (Å²) in [6.07, 6.45) is 1.78. The number of benzene rings is 2. The third-order valence-corrected chi connectivity index (χ3v) is 3.74. The molecule has 0 aliphatic heterocycles. The lowest BCUT2D eigenvalue weighted by Crippen LogP contribution is -2.30. The number of esters is 1. The summed E-state index contributed by atoms with van der Waals surface area (Å²) < 4.78 is 10.8. The van der Waals surface area contributed by atoms with Gasteiger partial charge < -0.3 is 14.8 Å². The molecule has 3 rings (SSSR count). The van der Waals surface area contributed by atoms with E-state index in [2.05, 4.69) is 15.3 Å². The largest absolute Gasteiger partial charge is 0.457 e. The van der Waals surface area contributed by atoms with Crippen LogP contribution in [0.1, 0.15) is 23.1 Å². The van der Waals surface area contributed by atoms with Crippen molar-refractivity contribution in [1.29, 1.82) is 0 Å². The SMILES string of the molecule is Cc1cnc(C(=O)O[C@@H](C)C(=O)Nc2ccc(Oc3ccccc3)cc2)cn1. The predicted molar refractivity (Wildman–Crippen MR) is 103 cm³/mol. The highest BCUT2D eigenvalue weighted by molar-refractivity contribution is 5.96. The second-order valence-electron chi connectivity index (χ2n) is 6.02. The topological polar surface area (TPSA) is 90.4 Å². The quantitative estimate of drug-likeness (QED) is 0.658. The number of carbonyl (C=O) groups excluding carboxylic acids is 2. The number of nitrogens with zero attached hydrogens (tertiary/aromatic N) is 2. The van der Waals surface area contributed by atoms with Crippen molar-refractivity contribution in [2.24, 2.45) is 0 Å². The predicted octanol–water partition coefficient (Wildman–Crippen LogP) is 3.76. The van der Waals surface area contributed by atoms with E-state index in [1.54, 1.807) is 31.2 Å². The fourth-order valence-electron chi connectivity index (χ4n) is 2.25. The van der Waals surface area contributed by atoms with Crippen molar-refractivity contribution in [3.63, 3.8) is 0 Å². The Morgan fingerprint density at radius 2 is 1.61 bits per heavy atom. The lowest BCUT2D eigenvalue weighted by Gasteiger charge is -2.13. The lowest BCUT2D eigenvalue weighted by atomic mass is 10.2. The van der Waals surface area contributed by atoms with Gasteiger partial charge in [0.05, 0.1) is 11.9 Å². The average molecular weight is 377 g/mol. The zero-order valence-corrected chi connectivity index (χ0v) is 15.5.